The molecule has 118 valence electrons. The first-order valence-electron chi connectivity index (χ1n) is 7.45. The summed E-state index contributed by atoms with van der Waals surface area (Å²) in [5.41, 5.74) is 0.889. The number of hydrogen-bond acceptors (Lipinski definition) is 2. The Hall–Kier alpha value is -1.88. The molecule has 5 heteroatoms. The standard InChI is InChI=1S/C17H22FNO2Si/c1-5-21-17(20)14(12-22(2,3)4)16(18)19-11-10-13-8-6-7-9-15(13)19/h6-11H,5,12H2,1-4H3/b16-14-. The molecular formula is C17H22FNO2Si. The minimum absolute atomic E-state index is 0.141. The van der Waals surface area contributed by atoms with Gasteiger partial charge in [0.05, 0.1) is 17.7 Å². The molecule has 1 heterocycles. The zero-order chi connectivity index (χ0) is 16.3. The summed E-state index contributed by atoms with van der Waals surface area (Å²) in [6.07, 6.45) is 1.66. The van der Waals surface area contributed by atoms with Gasteiger partial charge in [-0.15, -0.1) is 0 Å². The molecule has 3 nitrogen and oxygen atoms in total. The number of nitrogens with zero attached hydrogens (tertiary/aromatic N) is 1. The molecule has 0 aliphatic rings. The van der Waals surface area contributed by atoms with Gasteiger partial charge in [0.1, 0.15) is 0 Å². The molecule has 0 bridgehead atoms. The van der Waals surface area contributed by atoms with Gasteiger partial charge in [0.25, 0.3) is 0 Å². The van der Waals surface area contributed by atoms with E-state index in [1.165, 1.54) is 4.57 Å². The predicted octanol–water partition coefficient (Wildman–Crippen LogP) is 4.68. The van der Waals surface area contributed by atoms with Crippen LogP contribution in [0.2, 0.25) is 25.7 Å². The summed E-state index contributed by atoms with van der Waals surface area (Å²) in [6, 6.07) is 9.81. The number of carbonyl (C=O) groups excluding carboxylic acids is 1. The highest BCUT2D eigenvalue weighted by Gasteiger charge is 2.26. The maximum atomic E-state index is 15.0. The third kappa shape index (κ3) is 3.65. The lowest BCUT2D eigenvalue weighted by Crippen LogP contribution is -2.24. The van der Waals surface area contributed by atoms with Crippen molar-refractivity contribution >= 4 is 30.9 Å². The Kier molecular flexibility index (Phi) is 4.86. The molecule has 22 heavy (non-hydrogen) atoms. The molecule has 0 atom stereocenters. The Morgan fingerprint density at radius 2 is 1.91 bits per heavy atom. The minimum Gasteiger partial charge on any atom is -0.463 e. The van der Waals surface area contributed by atoms with E-state index in [9.17, 15) is 4.79 Å². The van der Waals surface area contributed by atoms with Gasteiger partial charge in [-0.3, -0.25) is 4.57 Å². The van der Waals surface area contributed by atoms with Gasteiger partial charge in [0.15, 0.2) is 0 Å². The molecule has 0 saturated carbocycles. The van der Waals surface area contributed by atoms with Crippen LogP contribution in [0, 0.1) is 0 Å². The van der Waals surface area contributed by atoms with Crippen LogP contribution in [-0.2, 0) is 9.53 Å². The molecule has 0 aliphatic heterocycles. The van der Waals surface area contributed by atoms with E-state index in [1.807, 2.05) is 30.3 Å². The topological polar surface area (TPSA) is 31.2 Å². The van der Waals surface area contributed by atoms with Crippen LogP contribution in [0.15, 0.2) is 42.1 Å². The summed E-state index contributed by atoms with van der Waals surface area (Å²) >= 11 is 0. The van der Waals surface area contributed by atoms with Gasteiger partial charge in [-0.1, -0.05) is 37.8 Å². The van der Waals surface area contributed by atoms with Crippen molar-refractivity contribution in [1.82, 2.24) is 4.57 Å². The van der Waals surface area contributed by atoms with E-state index >= 15 is 4.39 Å². The number of hydrogen-bond donors (Lipinski definition) is 0. The van der Waals surface area contributed by atoms with Gasteiger partial charge in [0.2, 0.25) is 5.95 Å². The number of rotatable bonds is 5. The number of aromatic nitrogens is 1. The second-order valence-electron chi connectivity index (χ2n) is 6.47. The Balaban J connectivity index is 2.54. The smallest absolute Gasteiger partial charge is 0.338 e. The molecule has 0 radical (unpaired) electrons. The van der Waals surface area contributed by atoms with E-state index in [-0.39, 0.29) is 12.2 Å². The van der Waals surface area contributed by atoms with Crippen molar-refractivity contribution in [1.29, 1.82) is 0 Å². The molecule has 1 aromatic carbocycles. The summed E-state index contributed by atoms with van der Waals surface area (Å²) in [7, 11) is -1.67. The van der Waals surface area contributed by atoms with E-state index in [4.69, 9.17) is 4.74 Å². The van der Waals surface area contributed by atoms with Crippen LogP contribution < -0.4 is 0 Å². The maximum Gasteiger partial charge on any atom is 0.338 e. The Bertz CT molecular complexity index is 713. The van der Waals surface area contributed by atoms with Crippen LogP contribution in [0.4, 0.5) is 4.39 Å². The number of carbonyl (C=O) groups is 1. The molecule has 2 aromatic rings. The van der Waals surface area contributed by atoms with Gasteiger partial charge in [-0.05, 0) is 25.1 Å². The number of benzene rings is 1. The molecular weight excluding hydrogens is 297 g/mol. The summed E-state index contributed by atoms with van der Waals surface area (Å²) in [4.78, 5) is 12.2. The maximum absolute atomic E-state index is 15.0. The van der Waals surface area contributed by atoms with Crippen LogP contribution in [0.25, 0.3) is 16.9 Å². The van der Waals surface area contributed by atoms with E-state index in [0.717, 1.165) is 10.9 Å². The number of fused-ring (bicyclic) bond motifs is 1. The van der Waals surface area contributed by atoms with Crippen molar-refractivity contribution in [3.63, 3.8) is 0 Å². The number of ether oxygens (including phenoxy) is 1. The van der Waals surface area contributed by atoms with Gasteiger partial charge in [-0.25, -0.2) is 4.79 Å². The van der Waals surface area contributed by atoms with Gasteiger partial charge in [-0.2, -0.15) is 4.39 Å². The fraction of sp³-hybridized carbons (Fsp3) is 0.353. The fourth-order valence-electron chi connectivity index (χ4n) is 2.38. The molecule has 0 unspecified atom stereocenters. The molecule has 0 N–H and O–H groups in total. The SMILES string of the molecule is CCOC(=O)/C(C[Si](C)(C)C)=C(/F)n1ccc2ccccc21. The van der Waals surface area contributed by atoms with Gasteiger partial charge >= 0.3 is 5.97 Å². The quantitative estimate of drug-likeness (QED) is 0.455. The first-order chi connectivity index (χ1) is 10.3. The van der Waals surface area contributed by atoms with Gasteiger partial charge in [0, 0.05) is 19.7 Å². The average Bonchev–Trinajstić information content (AvgIpc) is 2.87. The predicted molar refractivity (Wildman–Crippen MR) is 91.0 cm³/mol. The number of halogens is 1. The molecule has 0 fully saturated rings. The second-order valence-corrected chi connectivity index (χ2v) is 11.9. The fourth-order valence-corrected chi connectivity index (χ4v) is 3.73. The van der Waals surface area contributed by atoms with Crippen molar-refractivity contribution in [2.45, 2.75) is 32.6 Å². The highest BCUT2D eigenvalue weighted by atomic mass is 28.3. The Labute approximate surface area is 131 Å². The van der Waals surface area contributed by atoms with E-state index in [2.05, 4.69) is 19.6 Å². The molecule has 0 aliphatic carbocycles. The van der Waals surface area contributed by atoms with Crippen LogP contribution in [0.1, 0.15) is 6.92 Å². The van der Waals surface area contributed by atoms with Crippen LogP contribution in [-0.4, -0.2) is 25.2 Å². The van der Waals surface area contributed by atoms with E-state index in [1.54, 1.807) is 13.1 Å². The van der Waals surface area contributed by atoms with Crippen molar-refractivity contribution in [2.24, 2.45) is 0 Å². The Morgan fingerprint density at radius 3 is 2.55 bits per heavy atom. The normalized spacial score (nSPS) is 13.1. The highest BCUT2D eigenvalue weighted by Crippen LogP contribution is 2.27. The molecule has 0 amide bonds. The lowest BCUT2D eigenvalue weighted by atomic mass is 10.2. The minimum atomic E-state index is -1.67. The van der Waals surface area contributed by atoms with Gasteiger partial charge < -0.3 is 4.74 Å². The van der Waals surface area contributed by atoms with Crippen molar-refractivity contribution < 1.29 is 13.9 Å². The zero-order valence-corrected chi connectivity index (χ0v) is 14.5. The largest absolute Gasteiger partial charge is 0.463 e. The van der Waals surface area contributed by atoms with Crippen LogP contribution in [0.3, 0.4) is 0 Å². The van der Waals surface area contributed by atoms with Crippen molar-refractivity contribution in [2.75, 3.05) is 6.61 Å². The molecule has 1 aromatic heterocycles. The summed E-state index contributed by atoms with van der Waals surface area (Å²) in [6.45, 7) is 8.29. The van der Waals surface area contributed by atoms with Crippen LogP contribution >= 0.6 is 0 Å². The highest BCUT2D eigenvalue weighted by molar-refractivity contribution is 6.77. The molecule has 0 saturated heterocycles. The second kappa shape index (κ2) is 6.48. The molecule has 0 spiro atoms. The first-order valence-corrected chi connectivity index (χ1v) is 11.2. The van der Waals surface area contributed by atoms with Crippen molar-refractivity contribution in [3.8, 4) is 0 Å². The summed E-state index contributed by atoms with van der Waals surface area (Å²) in [5, 5.41) is 0.939. The third-order valence-corrected chi connectivity index (χ3v) is 4.70. The Morgan fingerprint density at radius 1 is 1.23 bits per heavy atom. The monoisotopic (exact) mass is 319 g/mol. The van der Waals surface area contributed by atoms with E-state index < -0.39 is 20.0 Å². The zero-order valence-electron chi connectivity index (χ0n) is 13.5. The number of para-hydroxylation sites is 1. The lowest BCUT2D eigenvalue weighted by Gasteiger charge is -2.18. The third-order valence-electron chi connectivity index (χ3n) is 3.29. The van der Waals surface area contributed by atoms with Crippen LogP contribution in [0.5, 0.6) is 0 Å². The van der Waals surface area contributed by atoms with E-state index in [0.29, 0.717) is 6.04 Å². The lowest BCUT2D eigenvalue weighted by molar-refractivity contribution is -0.138. The average molecular weight is 319 g/mol. The first kappa shape index (κ1) is 16.5. The summed E-state index contributed by atoms with van der Waals surface area (Å²) in [5.74, 6) is -1.08. The van der Waals surface area contributed by atoms with Crippen molar-refractivity contribution in [3.05, 3.63) is 42.1 Å². The number of esters is 1. The summed E-state index contributed by atoms with van der Waals surface area (Å²) < 4.78 is 21.5. The molecule has 2 rings (SSSR count).